The third-order valence-electron chi connectivity index (χ3n) is 8.37. The van der Waals surface area contributed by atoms with E-state index in [-0.39, 0.29) is 0 Å². The summed E-state index contributed by atoms with van der Waals surface area (Å²) in [6.07, 6.45) is 6.00. The highest BCUT2D eigenvalue weighted by atomic mass is 15.0. The van der Waals surface area contributed by atoms with E-state index in [1.54, 1.807) is 0 Å². The number of rotatable bonds is 5. The number of allylic oxidation sites excluding steroid dienone is 2. The first-order valence-corrected chi connectivity index (χ1v) is 14.2. The van der Waals surface area contributed by atoms with Gasteiger partial charge in [-0.1, -0.05) is 91.5 Å². The summed E-state index contributed by atoms with van der Waals surface area (Å²) < 4.78 is 4.75. The molecule has 0 aliphatic carbocycles. The highest BCUT2D eigenvalue weighted by molar-refractivity contribution is 6.09. The molecular formula is C39H32N2. The standard InChI is InChI=1S/C39H32N2/c1-5-6-13-33-28(4)40(37-17-10-7-14-34(33)37)29-20-22-31(26(2)24-29)32-23-21-30(25-27(32)3)41-38-18-11-8-15-35(38)36-16-9-12-19-39(36)41/h5-25H,1H2,2-4H3/b13-6-. The van der Waals surface area contributed by atoms with Gasteiger partial charge in [0.2, 0.25) is 0 Å². The van der Waals surface area contributed by atoms with Crippen LogP contribution in [0.25, 0.3) is 61.3 Å². The zero-order valence-corrected chi connectivity index (χ0v) is 23.7. The summed E-state index contributed by atoms with van der Waals surface area (Å²) in [5.41, 5.74) is 13.6. The number of aryl methyl sites for hydroxylation is 2. The molecule has 0 N–H and O–H groups in total. The molecule has 7 rings (SSSR count). The number of hydrogen-bond donors (Lipinski definition) is 0. The number of aromatic nitrogens is 2. The Bertz CT molecular complexity index is 2100. The summed E-state index contributed by atoms with van der Waals surface area (Å²) in [6, 6.07) is 39.7. The Hall–Kier alpha value is -5.08. The Morgan fingerprint density at radius 1 is 0.537 bits per heavy atom. The molecule has 0 amide bonds. The minimum Gasteiger partial charge on any atom is -0.313 e. The molecule has 0 aliphatic rings. The van der Waals surface area contributed by atoms with Gasteiger partial charge in [0.25, 0.3) is 0 Å². The van der Waals surface area contributed by atoms with Crippen molar-refractivity contribution in [1.82, 2.24) is 9.13 Å². The Balaban J connectivity index is 1.32. The molecule has 0 saturated carbocycles. The number of fused-ring (bicyclic) bond motifs is 4. The average molecular weight is 529 g/mol. The van der Waals surface area contributed by atoms with Crippen LogP contribution in [-0.2, 0) is 0 Å². The third kappa shape index (κ3) is 3.95. The lowest BCUT2D eigenvalue weighted by atomic mass is 9.95. The van der Waals surface area contributed by atoms with Gasteiger partial charge >= 0.3 is 0 Å². The maximum atomic E-state index is 3.86. The van der Waals surface area contributed by atoms with Crippen LogP contribution in [0.1, 0.15) is 22.4 Å². The molecule has 0 atom stereocenters. The van der Waals surface area contributed by atoms with Crippen LogP contribution in [-0.4, -0.2) is 9.13 Å². The second-order valence-electron chi connectivity index (χ2n) is 10.8. The summed E-state index contributed by atoms with van der Waals surface area (Å²) in [4.78, 5) is 0. The second-order valence-corrected chi connectivity index (χ2v) is 10.8. The molecule has 7 aromatic rings. The zero-order chi connectivity index (χ0) is 28.1. The smallest absolute Gasteiger partial charge is 0.0541 e. The Labute approximate surface area is 241 Å². The van der Waals surface area contributed by atoms with E-state index in [2.05, 4.69) is 152 Å². The van der Waals surface area contributed by atoms with Crippen molar-refractivity contribution in [2.24, 2.45) is 0 Å². The van der Waals surface area contributed by atoms with Crippen LogP contribution in [0.15, 0.2) is 128 Å². The highest BCUT2D eigenvalue weighted by Crippen LogP contribution is 2.36. The molecule has 41 heavy (non-hydrogen) atoms. The zero-order valence-electron chi connectivity index (χ0n) is 23.7. The molecule has 0 unspecified atom stereocenters. The van der Waals surface area contributed by atoms with Crippen molar-refractivity contribution in [3.05, 3.63) is 150 Å². The molecule has 2 heteroatoms. The maximum Gasteiger partial charge on any atom is 0.0541 e. The van der Waals surface area contributed by atoms with Crippen LogP contribution in [0.4, 0.5) is 0 Å². The Morgan fingerprint density at radius 3 is 1.51 bits per heavy atom. The predicted molar refractivity (Wildman–Crippen MR) is 176 cm³/mol. The lowest BCUT2D eigenvalue weighted by Crippen LogP contribution is -1.99. The molecule has 0 bridgehead atoms. The fourth-order valence-corrected chi connectivity index (χ4v) is 6.48. The highest BCUT2D eigenvalue weighted by Gasteiger charge is 2.16. The first-order chi connectivity index (χ1) is 20.1. The van der Waals surface area contributed by atoms with E-state index in [1.807, 2.05) is 12.2 Å². The molecule has 2 heterocycles. The van der Waals surface area contributed by atoms with Crippen molar-refractivity contribution in [1.29, 1.82) is 0 Å². The largest absolute Gasteiger partial charge is 0.313 e. The molecule has 0 fully saturated rings. The van der Waals surface area contributed by atoms with Crippen molar-refractivity contribution in [3.8, 4) is 22.5 Å². The third-order valence-corrected chi connectivity index (χ3v) is 8.37. The van der Waals surface area contributed by atoms with Crippen LogP contribution in [0.2, 0.25) is 0 Å². The molecule has 198 valence electrons. The van der Waals surface area contributed by atoms with Crippen LogP contribution in [0, 0.1) is 20.8 Å². The lowest BCUT2D eigenvalue weighted by molar-refractivity contribution is 1.05. The Kier molecular flexibility index (Phi) is 5.98. The molecule has 0 aliphatic heterocycles. The van der Waals surface area contributed by atoms with Gasteiger partial charge in [-0.2, -0.15) is 0 Å². The van der Waals surface area contributed by atoms with Crippen LogP contribution >= 0.6 is 0 Å². The van der Waals surface area contributed by atoms with E-state index in [1.165, 1.54) is 77.6 Å². The fraction of sp³-hybridized carbons (Fsp3) is 0.0769. The molecule has 2 nitrogen and oxygen atoms in total. The summed E-state index contributed by atoms with van der Waals surface area (Å²) >= 11 is 0. The fourth-order valence-electron chi connectivity index (χ4n) is 6.48. The minimum absolute atomic E-state index is 1.18. The molecular weight excluding hydrogens is 496 g/mol. The average Bonchev–Trinajstić information content (AvgIpc) is 3.47. The van der Waals surface area contributed by atoms with Crippen LogP contribution in [0.5, 0.6) is 0 Å². The van der Waals surface area contributed by atoms with E-state index < -0.39 is 0 Å². The quantitative estimate of drug-likeness (QED) is 0.197. The summed E-state index contributed by atoms with van der Waals surface area (Å²) in [6.45, 7) is 10.5. The molecule has 5 aromatic carbocycles. The van der Waals surface area contributed by atoms with E-state index >= 15 is 0 Å². The lowest BCUT2D eigenvalue weighted by Gasteiger charge is -2.16. The van der Waals surface area contributed by atoms with E-state index in [4.69, 9.17) is 0 Å². The van der Waals surface area contributed by atoms with E-state index in [0.29, 0.717) is 0 Å². The number of para-hydroxylation sites is 3. The van der Waals surface area contributed by atoms with Gasteiger partial charge in [-0.15, -0.1) is 0 Å². The number of hydrogen-bond acceptors (Lipinski definition) is 0. The molecule has 2 aromatic heterocycles. The van der Waals surface area contributed by atoms with Gasteiger partial charge in [0.15, 0.2) is 0 Å². The van der Waals surface area contributed by atoms with Crippen molar-refractivity contribution in [2.45, 2.75) is 20.8 Å². The van der Waals surface area contributed by atoms with Crippen LogP contribution < -0.4 is 0 Å². The van der Waals surface area contributed by atoms with Crippen molar-refractivity contribution in [3.63, 3.8) is 0 Å². The monoisotopic (exact) mass is 528 g/mol. The van der Waals surface area contributed by atoms with E-state index in [0.717, 1.165) is 0 Å². The van der Waals surface area contributed by atoms with Crippen molar-refractivity contribution >= 4 is 38.8 Å². The van der Waals surface area contributed by atoms with Gasteiger partial charge in [0, 0.05) is 38.8 Å². The van der Waals surface area contributed by atoms with Gasteiger partial charge in [-0.05, 0) is 85.5 Å². The number of nitrogens with zero attached hydrogens (tertiary/aromatic N) is 2. The van der Waals surface area contributed by atoms with Crippen molar-refractivity contribution < 1.29 is 0 Å². The van der Waals surface area contributed by atoms with Gasteiger partial charge in [0.05, 0.1) is 16.6 Å². The first-order valence-electron chi connectivity index (χ1n) is 14.2. The topological polar surface area (TPSA) is 9.86 Å². The van der Waals surface area contributed by atoms with Gasteiger partial charge in [-0.25, -0.2) is 0 Å². The van der Waals surface area contributed by atoms with Crippen LogP contribution in [0.3, 0.4) is 0 Å². The van der Waals surface area contributed by atoms with Gasteiger partial charge in [0.1, 0.15) is 0 Å². The molecule has 0 saturated heterocycles. The first kappa shape index (κ1) is 24.9. The number of benzene rings is 5. The summed E-state index contributed by atoms with van der Waals surface area (Å²) in [5.74, 6) is 0. The molecule has 0 spiro atoms. The second kappa shape index (κ2) is 9.83. The normalized spacial score (nSPS) is 11.8. The minimum atomic E-state index is 1.18. The SMILES string of the molecule is C=C/C=C\c1c(C)n(-c2ccc(-c3ccc(-n4c5ccccc5c5ccccc54)cc3C)c(C)c2)c2ccccc12. The maximum absolute atomic E-state index is 3.86. The summed E-state index contributed by atoms with van der Waals surface area (Å²) in [7, 11) is 0. The summed E-state index contributed by atoms with van der Waals surface area (Å²) in [5, 5.41) is 3.82. The van der Waals surface area contributed by atoms with Gasteiger partial charge in [-0.3, -0.25) is 0 Å². The van der Waals surface area contributed by atoms with Gasteiger partial charge < -0.3 is 9.13 Å². The van der Waals surface area contributed by atoms with Crippen molar-refractivity contribution in [2.75, 3.05) is 0 Å². The molecule has 0 radical (unpaired) electrons. The van der Waals surface area contributed by atoms with E-state index in [9.17, 15) is 0 Å². The predicted octanol–water partition coefficient (Wildman–Crippen LogP) is 10.5. The Morgan fingerprint density at radius 2 is 1.00 bits per heavy atom.